The maximum Gasteiger partial charge on any atom is 0.381 e. The van der Waals surface area contributed by atoms with Gasteiger partial charge in [-0.15, -0.1) is 0 Å². The van der Waals surface area contributed by atoms with Crippen molar-refractivity contribution in [3.63, 3.8) is 0 Å². The molecule has 65 valence electrons. The quantitative estimate of drug-likeness (QED) is 0.508. The van der Waals surface area contributed by atoms with E-state index >= 15 is 0 Å². The van der Waals surface area contributed by atoms with E-state index in [-0.39, 0.29) is 11.9 Å². The highest BCUT2D eigenvalue weighted by atomic mass is 16.6. The van der Waals surface area contributed by atoms with Crippen LogP contribution in [0.5, 0.6) is 0 Å². The number of nitrogens with zero attached hydrogens (tertiary/aromatic N) is 3. The lowest BCUT2D eigenvalue weighted by Gasteiger charge is -2.06. The summed E-state index contributed by atoms with van der Waals surface area (Å²) in [4.78, 5) is 13.4. The third-order valence-electron chi connectivity index (χ3n) is 1.70. The Labute approximate surface area is 70.2 Å². The van der Waals surface area contributed by atoms with Crippen molar-refractivity contribution in [2.45, 2.75) is 19.4 Å². The van der Waals surface area contributed by atoms with Crippen molar-refractivity contribution in [2.75, 3.05) is 0 Å². The standard InChI is InChI=1S/C7H10N3O2/c1-3-6(2)9-4-7(8-5-9)10(11)12/h4-6H,1,3H2,2H3. The van der Waals surface area contributed by atoms with Crippen LogP contribution in [-0.4, -0.2) is 14.5 Å². The maximum atomic E-state index is 10.2. The van der Waals surface area contributed by atoms with Gasteiger partial charge in [0.05, 0.1) is 0 Å². The molecule has 1 aromatic heterocycles. The van der Waals surface area contributed by atoms with Gasteiger partial charge < -0.3 is 14.7 Å². The van der Waals surface area contributed by atoms with Gasteiger partial charge in [-0.3, -0.25) is 0 Å². The number of imidazole rings is 1. The minimum Gasteiger partial charge on any atom is -0.358 e. The zero-order valence-electron chi connectivity index (χ0n) is 6.80. The molecule has 0 aliphatic carbocycles. The van der Waals surface area contributed by atoms with Crippen LogP contribution in [0, 0.1) is 17.0 Å². The number of aromatic nitrogens is 2. The van der Waals surface area contributed by atoms with Gasteiger partial charge in [0.2, 0.25) is 6.33 Å². The van der Waals surface area contributed by atoms with Crippen LogP contribution in [0.2, 0.25) is 0 Å². The molecule has 1 atom stereocenters. The first-order valence-electron chi connectivity index (χ1n) is 3.62. The van der Waals surface area contributed by atoms with Crippen LogP contribution in [0.1, 0.15) is 19.4 Å². The molecule has 0 N–H and O–H groups in total. The molecule has 0 aliphatic rings. The van der Waals surface area contributed by atoms with Gasteiger partial charge in [-0.05, 0) is 23.3 Å². The van der Waals surface area contributed by atoms with Gasteiger partial charge >= 0.3 is 5.82 Å². The van der Waals surface area contributed by atoms with Crippen molar-refractivity contribution in [1.29, 1.82) is 0 Å². The van der Waals surface area contributed by atoms with Crippen LogP contribution in [0.4, 0.5) is 5.82 Å². The van der Waals surface area contributed by atoms with Crippen LogP contribution < -0.4 is 0 Å². The van der Waals surface area contributed by atoms with Gasteiger partial charge in [-0.1, -0.05) is 6.92 Å². The summed E-state index contributed by atoms with van der Waals surface area (Å²) in [6.07, 6.45) is 3.55. The lowest BCUT2D eigenvalue weighted by molar-refractivity contribution is -0.389. The lowest BCUT2D eigenvalue weighted by Crippen LogP contribution is -2.00. The molecule has 0 amide bonds. The van der Waals surface area contributed by atoms with E-state index in [1.54, 1.807) is 4.57 Å². The van der Waals surface area contributed by atoms with Crippen LogP contribution in [0.15, 0.2) is 12.5 Å². The molecule has 1 radical (unpaired) electrons. The van der Waals surface area contributed by atoms with E-state index < -0.39 is 4.92 Å². The highest BCUT2D eigenvalue weighted by Crippen LogP contribution is 2.13. The van der Waals surface area contributed by atoms with E-state index in [1.165, 1.54) is 12.5 Å². The molecule has 0 aliphatic heterocycles. The predicted octanol–water partition coefficient (Wildman–Crippen LogP) is 1.58. The zero-order valence-corrected chi connectivity index (χ0v) is 6.80. The molecule has 0 bridgehead atoms. The molecule has 12 heavy (non-hydrogen) atoms. The molecular weight excluding hydrogens is 158 g/mol. The minimum atomic E-state index is -0.508. The lowest BCUT2D eigenvalue weighted by atomic mass is 10.3. The Morgan fingerprint density at radius 3 is 3.00 bits per heavy atom. The van der Waals surface area contributed by atoms with Gasteiger partial charge in [0.15, 0.2) is 0 Å². The molecule has 5 nitrogen and oxygen atoms in total. The summed E-state index contributed by atoms with van der Waals surface area (Å²) in [5.41, 5.74) is 0. The van der Waals surface area contributed by atoms with E-state index in [1.807, 2.05) is 6.92 Å². The van der Waals surface area contributed by atoms with Crippen LogP contribution >= 0.6 is 0 Å². The number of rotatable bonds is 3. The van der Waals surface area contributed by atoms with E-state index in [4.69, 9.17) is 0 Å². The van der Waals surface area contributed by atoms with E-state index in [0.717, 1.165) is 0 Å². The van der Waals surface area contributed by atoms with Gasteiger partial charge in [0.1, 0.15) is 6.20 Å². The summed E-state index contributed by atoms with van der Waals surface area (Å²) in [6.45, 7) is 5.63. The minimum absolute atomic E-state index is 0.115. The monoisotopic (exact) mass is 168 g/mol. The Bertz CT molecular complexity index is 282. The molecular formula is C7H10N3O2. The molecule has 1 rings (SSSR count). The SMILES string of the molecule is [CH2]CC(C)n1cnc([N+](=O)[O-])c1. The summed E-state index contributed by atoms with van der Waals surface area (Å²) in [5.74, 6) is -0.115. The van der Waals surface area contributed by atoms with E-state index in [2.05, 4.69) is 11.9 Å². The van der Waals surface area contributed by atoms with Gasteiger partial charge in [-0.25, -0.2) is 0 Å². The summed E-state index contributed by atoms with van der Waals surface area (Å²) in [5, 5.41) is 10.2. The number of hydrogen-bond acceptors (Lipinski definition) is 3. The highest BCUT2D eigenvalue weighted by Gasteiger charge is 2.11. The highest BCUT2D eigenvalue weighted by molar-refractivity contribution is 5.12. The van der Waals surface area contributed by atoms with Crippen LogP contribution in [0.3, 0.4) is 0 Å². The molecule has 1 unspecified atom stereocenters. The third kappa shape index (κ3) is 1.61. The molecule has 0 aromatic carbocycles. The van der Waals surface area contributed by atoms with Gasteiger partial charge in [-0.2, -0.15) is 0 Å². The number of hydrogen-bond donors (Lipinski definition) is 0. The first-order chi connectivity index (χ1) is 5.65. The first kappa shape index (κ1) is 8.70. The van der Waals surface area contributed by atoms with Crippen molar-refractivity contribution >= 4 is 5.82 Å². The molecule has 1 aromatic rings. The summed E-state index contributed by atoms with van der Waals surface area (Å²) < 4.78 is 1.69. The average Bonchev–Trinajstić information content (AvgIpc) is 2.51. The molecule has 0 saturated carbocycles. The van der Waals surface area contributed by atoms with Crippen LogP contribution in [-0.2, 0) is 0 Å². The zero-order chi connectivity index (χ0) is 9.14. The summed E-state index contributed by atoms with van der Waals surface area (Å²) in [7, 11) is 0. The average molecular weight is 168 g/mol. The van der Waals surface area contributed by atoms with Crippen molar-refractivity contribution in [2.24, 2.45) is 0 Å². The summed E-state index contributed by atoms with van der Waals surface area (Å²) >= 11 is 0. The third-order valence-corrected chi connectivity index (χ3v) is 1.70. The van der Waals surface area contributed by atoms with Crippen LogP contribution in [0.25, 0.3) is 0 Å². The Kier molecular flexibility index (Phi) is 2.42. The molecule has 0 spiro atoms. The maximum absolute atomic E-state index is 10.2. The molecule has 5 heteroatoms. The van der Waals surface area contributed by atoms with Crippen molar-refractivity contribution in [3.05, 3.63) is 29.6 Å². The Hall–Kier alpha value is -1.39. The number of nitro groups is 1. The molecule has 0 fully saturated rings. The van der Waals surface area contributed by atoms with Crippen molar-refractivity contribution < 1.29 is 4.92 Å². The molecule has 0 saturated heterocycles. The fraction of sp³-hybridized carbons (Fsp3) is 0.429. The van der Waals surface area contributed by atoms with E-state index in [0.29, 0.717) is 6.42 Å². The first-order valence-corrected chi connectivity index (χ1v) is 3.62. The van der Waals surface area contributed by atoms with E-state index in [9.17, 15) is 10.1 Å². The second-order valence-electron chi connectivity index (χ2n) is 2.57. The fourth-order valence-electron chi connectivity index (χ4n) is 0.810. The van der Waals surface area contributed by atoms with Gasteiger partial charge in [0, 0.05) is 6.04 Å². The summed E-state index contributed by atoms with van der Waals surface area (Å²) in [6, 6.07) is 0.159. The Morgan fingerprint density at radius 2 is 2.58 bits per heavy atom. The van der Waals surface area contributed by atoms with Crippen molar-refractivity contribution in [1.82, 2.24) is 9.55 Å². The van der Waals surface area contributed by atoms with Crippen molar-refractivity contribution in [3.8, 4) is 0 Å². The smallest absolute Gasteiger partial charge is 0.358 e. The second-order valence-corrected chi connectivity index (χ2v) is 2.57. The molecule has 1 heterocycles. The normalized spacial score (nSPS) is 12.8. The predicted molar refractivity (Wildman–Crippen MR) is 43.6 cm³/mol. The second kappa shape index (κ2) is 3.34. The fourth-order valence-corrected chi connectivity index (χ4v) is 0.810. The topological polar surface area (TPSA) is 61.0 Å². The Morgan fingerprint density at radius 1 is 1.92 bits per heavy atom. The Balaban J connectivity index is 2.84. The van der Waals surface area contributed by atoms with Gasteiger partial charge in [0.25, 0.3) is 0 Å². The largest absolute Gasteiger partial charge is 0.381 e.